The number of rotatable bonds is 1. The van der Waals surface area contributed by atoms with Gasteiger partial charge in [-0.05, 0) is 25.3 Å². The number of aromatic nitrogens is 1. The Balaban J connectivity index is 1.87. The van der Waals surface area contributed by atoms with E-state index in [0.29, 0.717) is 19.5 Å². The summed E-state index contributed by atoms with van der Waals surface area (Å²) in [5.41, 5.74) is 1.14. The third-order valence-corrected chi connectivity index (χ3v) is 6.03. The summed E-state index contributed by atoms with van der Waals surface area (Å²) in [6.07, 6.45) is 14.1. The first-order chi connectivity index (χ1) is 17.7. The number of carbonyl (C=O) groups is 3. The number of esters is 1. The number of hydrogen-bond acceptors (Lipinski definition) is 7. The minimum Gasteiger partial charge on any atom is -0.457 e. The van der Waals surface area contributed by atoms with Crippen LogP contribution in [0, 0.1) is 11.8 Å². The fourth-order valence-corrected chi connectivity index (χ4v) is 4.09. The first-order valence-corrected chi connectivity index (χ1v) is 12.5. The molecule has 9 heteroatoms. The van der Waals surface area contributed by atoms with Crippen molar-refractivity contribution in [3.63, 3.8) is 0 Å². The summed E-state index contributed by atoms with van der Waals surface area (Å²) >= 11 is 0. The standard InChI is InChI=1S/C28H35N3O6/c1-18(2)26-20(4)12-13-24(33)29-14-6-9-19(3)8-5-10-21(32)16-25-30-22(17-36-25)27(34)31-15-7-11-23(31)28(35)37-26/h5-6,8-13,17-18,20-21,26,32H,7,14-16H2,1-4H3,(H,29,33). The lowest BCUT2D eigenvalue weighted by Crippen LogP contribution is -2.36. The predicted molar refractivity (Wildman–Crippen MR) is 138 cm³/mol. The number of ether oxygens (including phenoxy) is 1. The average Bonchev–Trinajstić information content (AvgIpc) is 3.52. The van der Waals surface area contributed by atoms with Gasteiger partial charge in [0.05, 0.1) is 12.5 Å². The number of fused-ring (bicyclic) bond motifs is 3. The lowest BCUT2D eigenvalue weighted by atomic mass is 9.94. The summed E-state index contributed by atoms with van der Waals surface area (Å²) in [7, 11) is 0. The molecule has 1 aromatic heterocycles. The number of carbonyl (C=O) groups excluding carboxylic acids is 3. The Labute approximate surface area is 217 Å². The van der Waals surface area contributed by atoms with Crippen molar-refractivity contribution in [3.05, 3.63) is 77.7 Å². The minimum absolute atomic E-state index is 0.0249. The van der Waals surface area contributed by atoms with Crippen molar-refractivity contribution < 1.29 is 28.6 Å². The molecule has 0 spiro atoms. The number of aliphatic hydroxyl groups is 1. The number of allylic oxidation sites excluding steroid dienone is 4. The average molecular weight is 510 g/mol. The smallest absolute Gasteiger partial charge is 0.355 e. The van der Waals surface area contributed by atoms with Crippen molar-refractivity contribution in [1.82, 2.24) is 15.2 Å². The van der Waals surface area contributed by atoms with Crippen LogP contribution in [0.15, 0.2) is 70.6 Å². The van der Waals surface area contributed by atoms with Gasteiger partial charge < -0.3 is 24.5 Å². The number of cyclic esters (lactones) is 1. The van der Waals surface area contributed by atoms with Crippen molar-refractivity contribution in [2.45, 2.75) is 52.7 Å². The van der Waals surface area contributed by atoms with Gasteiger partial charge in [-0.3, -0.25) is 9.59 Å². The largest absolute Gasteiger partial charge is 0.457 e. The van der Waals surface area contributed by atoms with Gasteiger partial charge in [-0.15, -0.1) is 0 Å². The van der Waals surface area contributed by atoms with Gasteiger partial charge in [-0.2, -0.15) is 0 Å². The molecule has 0 saturated heterocycles. The molecule has 3 atom stereocenters. The molecule has 9 nitrogen and oxygen atoms in total. The third-order valence-electron chi connectivity index (χ3n) is 6.03. The molecule has 2 bridgehead atoms. The van der Waals surface area contributed by atoms with Crippen LogP contribution >= 0.6 is 0 Å². The Morgan fingerprint density at radius 2 is 1.97 bits per heavy atom. The Kier molecular flexibility index (Phi) is 9.79. The summed E-state index contributed by atoms with van der Waals surface area (Å²) in [6.45, 7) is 8.31. The molecule has 2 N–H and O–H groups in total. The predicted octanol–water partition coefficient (Wildman–Crippen LogP) is 3.26. The van der Waals surface area contributed by atoms with Gasteiger partial charge in [0.1, 0.15) is 18.1 Å². The van der Waals surface area contributed by atoms with Crippen LogP contribution in [0.3, 0.4) is 0 Å². The molecule has 2 aliphatic heterocycles. The molecular formula is C28H35N3O6. The summed E-state index contributed by atoms with van der Waals surface area (Å²) in [5.74, 6) is -1.39. The lowest BCUT2D eigenvalue weighted by Gasteiger charge is -2.27. The first kappa shape index (κ1) is 27.9. The zero-order valence-electron chi connectivity index (χ0n) is 21.7. The zero-order valence-corrected chi connectivity index (χ0v) is 21.7. The molecule has 0 aromatic carbocycles. The van der Waals surface area contributed by atoms with Gasteiger partial charge in [0.15, 0.2) is 11.6 Å². The fourth-order valence-electron chi connectivity index (χ4n) is 4.09. The molecule has 2 amide bonds. The van der Waals surface area contributed by atoms with E-state index in [1.165, 1.54) is 17.2 Å². The highest BCUT2D eigenvalue weighted by atomic mass is 16.5. The third kappa shape index (κ3) is 7.88. The quantitative estimate of drug-likeness (QED) is 0.557. The van der Waals surface area contributed by atoms with E-state index < -0.39 is 24.1 Å². The van der Waals surface area contributed by atoms with Gasteiger partial charge in [-0.25, -0.2) is 9.78 Å². The van der Waals surface area contributed by atoms with E-state index in [1.54, 1.807) is 24.3 Å². The Bertz CT molecular complexity index is 1140. The van der Waals surface area contributed by atoms with Crippen molar-refractivity contribution in [2.75, 3.05) is 13.1 Å². The highest BCUT2D eigenvalue weighted by molar-refractivity contribution is 6.00. The van der Waals surface area contributed by atoms with Gasteiger partial charge >= 0.3 is 5.97 Å². The van der Waals surface area contributed by atoms with Crippen LogP contribution in [0.4, 0.5) is 0 Å². The molecule has 1 aromatic rings. The van der Waals surface area contributed by atoms with Crippen LogP contribution in [-0.4, -0.2) is 58.1 Å². The van der Waals surface area contributed by atoms with Crippen molar-refractivity contribution >= 4 is 17.8 Å². The maximum absolute atomic E-state index is 13.1. The first-order valence-electron chi connectivity index (χ1n) is 12.5. The number of nitrogens with one attached hydrogen (secondary N) is 1. The molecular weight excluding hydrogens is 474 g/mol. The van der Waals surface area contributed by atoms with Gasteiger partial charge in [-0.1, -0.05) is 68.9 Å². The topological polar surface area (TPSA) is 122 Å². The fraction of sp³-hybridized carbons (Fsp3) is 0.429. The zero-order chi connectivity index (χ0) is 26.9. The number of amides is 2. The number of oxazole rings is 1. The molecule has 0 saturated carbocycles. The summed E-state index contributed by atoms with van der Waals surface area (Å²) in [5, 5.41) is 13.1. The lowest BCUT2D eigenvalue weighted by molar-refractivity contribution is -0.149. The normalized spacial score (nSPS) is 24.4. The van der Waals surface area contributed by atoms with E-state index in [0.717, 1.165) is 5.57 Å². The summed E-state index contributed by atoms with van der Waals surface area (Å²) in [6, 6.07) is 0. The van der Waals surface area contributed by atoms with E-state index >= 15 is 0 Å². The highest BCUT2D eigenvalue weighted by Gasteiger charge is 2.33. The molecule has 198 valence electrons. The second kappa shape index (κ2) is 13.0. The molecule has 3 heterocycles. The molecule has 0 aliphatic carbocycles. The second-order valence-electron chi connectivity index (χ2n) is 9.51. The van der Waals surface area contributed by atoms with Crippen LogP contribution in [-0.2, 0) is 20.7 Å². The number of aliphatic hydroxyl groups excluding tert-OH is 1. The Hall–Kier alpha value is -3.72. The van der Waals surface area contributed by atoms with E-state index in [9.17, 15) is 19.5 Å². The molecule has 0 fully saturated rings. The minimum atomic E-state index is -0.866. The number of nitrogens with zero attached hydrogens (tertiary/aromatic N) is 2. The van der Waals surface area contributed by atoms with E-state index in [1.807, 2.05) is 45.9 Å². The van der Waals surface area contributed by atoms with Crippen molar-refractivity contribution in [1.29, 1.82) is 0 Å². The van der Waals surface area contributed by atoms with Crippen molar-refractivity contribution in [2.24, 2.45) is 11.8 Å². The monoisotopic (exact) mass is 509 g/mol. The van der Waals surface area contributed by atoms with E-state index in [-0.39, 0.29) is 41.4 Å². The van der Waals surface area contributed by atoms with Crippen LogP contribution < -0.4 is 5.32 Å². The summed E-state index contributed by atoms with van der Waals surface area (Å²) < 4.78 is 11.2. The van der Waals surface area contributed by atoms with Crippen LogP contribution in [0.5, 0.6) is 0 Å². The van der Waals surface area contributed by atoms with E-state index in [4.69, 9.17) is 9.15 Å². The maximum Gasteiger partial charge on any atom is 0.355 e. The van der Waals surface area contributed by atoms with E-state index in [2.05, 4.69) is 10.3 Å². The van der Waals surface area contributed by atoms with Crippen molar-refractivity contribution in [3.8, 4) is 0 Å². The molecule has 3 unspecified atom stereocenters. The molecule has 2 aliphatic rings. The van der Waals surface area contributed by atoms with Gasteiger partial charge in [0.25, 0.3) is 5.91 Å². The Morgan fingerprint density at radius 1 is 1.19 bits per heavy atom. The molecule has 37 heavy (non-hydrogen) atoms. The SMILES string of the molecule is CC1=CC=CC(O)Cc2nc(co2)C(=O)N2CCC=C2C(=O)OC(C(C)C)C(C)C=CC(=O)NCC=C1. The van der Waals surface area contributed by atoms with Gasteiger partial charge in [0.2, 0.25) is 5.91 Å². The maximum atomic E-state index is 13.1. The van der Waals surface area contributed by atoms with Crippen LogP contribution in [0.2, 0.25) is 0 Å². The number of hydrogen-bond donors (Lipinski definition) is 2. The van der Waals surface area contributed by atoms with Crippen LogP contribution in [0.1, 0.15) is 50.5 Å². The summed E-state index contributed by atoms with van der Waals surface area (Å²) in [4.78, 5) is 44.0. The van der Waals surface area contributed by atoms with Crippen LogP contribution in [0.25, 0.3) is 0 Å². The molecule has 3 rings (SSSR count). The highest BCUT2D eigenvalue weighted by Crippen LogP contribution is 2.24. The Morgan fingerprint density at radius 3 is 2.73 bits per heavy atom. The second-order valence-corrected chi connectivity index (χ2v) is 9.51. The van der Waals surface area contributed by atoms with Gasteiger partial charge in [0, 0.05) is 19.0 Å². The molecule has 0 radical (unpaired) electrons.